The molecule has 5 nitrogen and oxygen atoms in total. The number of rotatable bonds is 2. The number of amides is 2. The second kappa shape index (κ2) is 6.95. The molecule has 0 aromatic rings. The molecule has 0 aromatic carbocycles. The van der Waals surface area contributed by atoms with Gasteiger partial charge in [-0.15, -0.1) is 12.4 Å². The Hall–Kier alpha value is -0.810. The second-order valence-corrected chi connectivity index (χ2v) is 4.91. The SMILES string of the molecule is CN1CCNC(CC(=O)N2CCCCC2)C1=O.Cl. The predicted molar refractivity (Wildman–Crippen MR) is 71.7 cm³/mol. The van der Waals surface area contributed by atoms with Gasteiger partial charge >= 0.3 is 0 Å². The molecule has 0 spiro atoms. The Morgan fingerprint density at radius 3 is 2.61 bits per heavy atom. The molecule has 1 atom stereocenters. The van der Waals surface area contributed by atoms with Crippen LogP contribution < -0.4 is 5.32 Å². The molecule has 6 heteroatoms. The zero-order chi connectivity index (χ0) is 12.3. The summed E-state index contributed by atoms with van der Waals surface area (Å²) in [5.74, 6) is 0.160. The monoisotopic (exact) mass is 275 g/mol. The van der Waals surface area contributed by atoms with Crippen molar-refractivity contribution in [2.75, 3.05) is 33.2 Å². The van der Waals surface area contributed by atoms with Crippen LogP contribution in [0, 0.1) is 0 Å². The highest BCUT2D eigenvalue weighted by Gasteiger charge is 2.29. The quantitative estimate of drug-likeness (QED) is 0.786. The molecule has 2 heterocycles. The fourth-order valence-corrected chi connectivity index (χ4v) is 2.48. The fourth-order valence-electron chi connectivity index (χ4n) is 2.48. The first-order chi connectivity index (χ1) is 8.18. The largest absolute Gasteiger partial charge is 0.343 e. The van der Waals surface area contributed by atoms with Crippen LogP contribution in [0.15, 0.2) is 0 Å². The number of carbonyl (C=O) groups excluding carboxylic acids is 2. The van der Waals surface area contributed by atoms with Gasteiger partial charge in [0.25, 0.3) is 0 Å². The summed E-state index contributed by atoms with van der Waals surface area (Å²) in [6.07, 6.45) is 3.71. The molecule has 2 aliphatic heterocycles. The van der Waals surface area contributed by atoms with Crippen LogP contribution in [0.3, 0.4) is 0 Å². The maximum absolute atomic E-state index is 12.0. The van der Waals surface area contributed by atoms with Gasteiger partial charge in [0, 0.05) is 33.2 Å². The number of hydrogen-bond donors (Lipinski definition) is 1. The molecule has 2 aliphatic rings. The van der Waals surface area contributed by atoms with E-state index in [-0.39, 0.29) is 30.3 Å². The van der Waals surface area contributed by atoms with Crippen molar-refractivity contribution in [2.45, 2.75) is 31.7 Å². The number of halogens is 1. The topological polar surface area (TPSA) is 52.7 Å². The number of likely N-dealkylation sites (tertiary alicyclic amines) is 1. The van der Waals surface area contributed by atoms with Crippen LogP contribution in [-0.4, -0.2) is 60.9 Å². The minimum absolute atomic E-state index is 0. The number of carbonyl (C=O) groups is 2. The van der Waals surface area contributed by atoms with Crippen LogP contribution in [0.5, 0.6) is 0 Å². The van der Waals surface area contributed by atoms with Crippen molar-refractivity contribution in [3.63, 3.8) is 0 Å². The Morgan fingerprint density at radius 2 is 1.94 bits per heavy atom. The number of nitrogens with one attached hydrogen (secondary N) is 1. The molecular weight excluding hydrogens is 254 g/mol. The molecule has 2 rings (SSSR count). The van der Waals surface area contributed by atoms with E-state index >= 15 is 0 Å². The lowest BCUT2D eigenvalue weighted by Gasteiger charge is -2.32. The third-order valence-electron chi connectivity index (χ3n) is 3.60. The van der Waals surface area contributed by atoms with Crippen molar-refractivity contribution in [1.82, 2.24) is 15.1 Å². The van der Waals surface area contributed by atoms with E-state index in [9.17, 15) is 9.59 Å². The maximum Gasteiger partial charge on any atom is 0.240 e. The molecular formula is C12H22ClN3O2. The Morgan fingerprint density at radius 1 is 1.28 bits per heavy atom. The van der Waals surface area contributed by atoms with Crippen molar-refractivity contribution in [3.8, 4) is 0 Å². The molecule has 0 radical (unpaired) electrons. The van der Waals surface area contributed by atoms with E-state index in [1.807, 2.05) is 4.90 Å². The second-order valence-electron chi connectivity index (χ2n) is 4.91. The van der Waals surface area contributed by atoms with Gasteiger partial charge in [0.05, 0.1) is 12.5 Å². The molecule has 1 unspecified atom stereocenters. The molecule has 0 aliphatic carbocycles. The Balaban J connectivity index is 0.00000162. The summed E-state index contributed by atoms with van der Waals surface area (Å²) in [7, 11) is 1.79. The average molecular weight is 276 g/mol. The van der Waals surface area contributed by atoms with Gasteiger partial charge in [0.2, 0.25) is 11.8 Å². The molecule has 18 heavy (non-hydrogen) atoms. The molecule has 2 amide bonds. The van der Waals surface area contributed by atoms with Crippen molar-refractivity contribution in [3.05, 3.63) is 0 Å². The third-order valence-corrected chi connectivity index (χ3v) is 3.60. The Bertz CT molecular complexity index is 306. The van der Waals surface area contributed by atoms with Gasteiger partial charge in [0.15, 0.2) is 0 Å². The number of nitrogens with zero attached hydrogens (tertiary/aromatic N) is 2. The maximum atomic E-state index is 12.0. The summed E-state index contributed by atoms with van der Waals surface area (Å²) in [6, 6.07) is -0.317. The summed E-state index contributed by atoms with van der Waals surface area (Å²) < 4.78 is 0. The molecule has 2 fully saturated rings. The van der Waals surface area contributed by atoms with E-state index in [0.717, 1.165) is 39.0 Å². The molecule has 2 saturated heterocycles. The number of piperazine rings is 1. The van der Waals surface area contributed by atoms with E-state index in [4.69, 9.17) is 0 Å². The Kier molecular flexibility index (Phi) is 5.88. The van der Waals surface area contributed by atoms with E-state index < -0.39 is 0 Å². The lowest BCUT2D eigenvalue weighted by molar-refractivity contribution is -0.140. The van der Waals surface area contributed by atoms with Crippen molar-refractivity contribution >= 4 is 24.2 Å². The first-order valence-electron chi connectivity index (χ1n) is 6.44. The van der Waals surface area contributed by atoms with E-state index in [0.29, 0.717) is 6.42 Å². The van der Waals surface area contributed by atoms with Crippen LogP contribution in [0.1, 0.15) is 25.7 Å². The molecule has 0 saturated carbocycles. The van der Waals surface area contributed by atoms with E-state index in [1.165, 1.54) is 6.42 Å². The predicted octanol–water partition coefficient (Wildman–Crippen LogP) is 0.241. The third kappa shape index (κ3) is 3.59. The van der Waals surface area contributed by atoms with Gasteiger partial charge in [-0.2, -0.15) is 0 Å². The van der Waals surface area contributed by atoms with E-state index in [2.05, 4.69) is 5.32 Å². The van der Waals surface area contributed by atoms with Gasteiger partial charge in [-0.25, -0.2) is 0 Å². The lowest BCUT2D eigenvalue weighted by Crippen LogP contribution is -2.55. The highest BCUT2D eigenvalue weighted by molar-refractivity contribution is 5.88. The minimum Gasteiger partial charge on any atom is -0.343 e. The number of piperidine rings is 1. The zero-order valence-electron chi connectivity index (χ0n) is 10.9. The van der Waals surface area contributed by atoms with Crippen LogP contribution in [0.2, 0.25) is 0 Å². The minimum atomic E-state index is -0.317. The molecule has 1 N–H and O–H groups in total. The van der Waals surface area contributed by atoms with Crippen molar-refractivity contribution < 1.29 is 9.59 Å². The first kappa shape index (κ1) is 15.2. The van der Waals surface area contributed by atoms with Gasteiger partial charge in [-0.3, -0.25) is 9.59 Å². The standard InChI is InChI=1S/C12H21N3O2.ClH/c1-14-8-5-13-10(12(14)17)9-11(16)15-6-3-2-4-7-15;/h10,13H,2-9H2,1H3;1H. The number of hydrogen-bond acceptors (Lipinski definition) is 3. The lowest BCUT2D eigenvalue weighted by atomic mass is 10.1. The molecule has 0 bridgehead atoms. The van der Waals surface area contributed by atoms with Gasteiger partial charge in [-0.1, -0.05) is 0 Å². The van der Waals surface area contributed by atoms with Gasteiger partial charge < -0.3 is 15.1 Å². The summed E-state index contributed by atoms with van der Waals surface area (Å²) in [6.45, 7) is 3.22. The summed E-state index contributed by atoms with van der Waals surface area (Å²) in [4.78, 5) is 27.5. The van der Waals surface area contributed by atoms with Crippen LogP contribution in [0.25, 0.3) is 0 Å². The van der Waals surface area contributed by atoms with E-state index in [1.54, 1.807) is 11.9 Å². The normalized spacial score (nSPS) is 24.7. The van der Waals surface area contributed by atoms with Gasteiger partial charge in [-0.05, 0) is 19.3 Å². The summed E-state index contributed by atoms with van der Waals surface area (Å²) in [5.41, 5.74) is 0. The van der Waals surface area contributed by atoms with Gasteiger partial charge in [0.1, 0.15) is 0 Å². The first-order valence-corrected chi connectivity index (χ1v) is 6.44. The van der Waals surface area contributed by atoms with Crippen molar-refractivity contribution in [1.29, 1.82) is 0 Å². The molecule has 0 aromatic heterocycles. The van der Waals surface area contributed by atoms with Crippen molar-refractivity contribution in [2.24, 2.45) is 0 Å². The highest BCUT2D eigenvalue weighted by atomic mass is 35.5. The summed E-state index contributed by atoms with van der Waals surface area (Å²) in [5, 5.41) is 3.13. The van der Waals surface area contributed by atoms with Crippen LogP contribution >= 0.6 is 12.4 Å². The summed E-state index contributed by atoms with van der Waals surface area (Å²) >= 11 is 0. The smallest absolute Gasteiger partial charge is 0.240 e. The Labute approximate surface area is 114 Å². The van der Waals surface area contributed by atoms with Crippen LogP contribution in [0.4, 0.5) is 0 Å². The van der Waals surface area contributed by atoms with Crippen LogP contribution in [-0.2, 0) is 9.59 Å². The number of likely N-dealkylation sites (N-methyl/N-ethyl adjacent to an activating group) is 1. The highest BCUT2D eigenvalue weighted by Crippen LogP contribution is 2.12. The fraction of sp³-hybridized carbons (Fsp3) is 0.833. The zero-order valence-corrected chi connectivity index (χ0v) is 11.7. The average Bonchev–Trinajstić information content (AvgIpc) is 2.36. The molecule has 104 valence electrons.